The topological polar surface area (TPSA) is 56.2 Å². The normalized spacial score (nSPS) is 22.5. The van der Waals surface area contributed by atoms with Crippen molar-refractivity contribution < 1.29 is 9.53 Å². The van der Waals surface area contributed by atoms with Gasteiger partial charge in [0.2, 0.25) is 0 Å². The molecule has 0 bridgehead atoms. The molecular weight excluding hydrogens is 386 g/mol. The van der Waals surface area contributed by atoms with E-state index in [-0.39, 0.29) is 11.4 Å². The number of carbonyl (C=O) groups excluding carboxylic acids is 1. The van der Waals surface area contributed by atoms with E-state index in [4.69, 9.17) is 21.4 Å². The number of amides is 1. The maximum absolute atomic E-state index is 13.0. The van der Waals surface area contributed by atoms with Crippen LogP contribution in [0.3, 0.4) is 0 Å². The molecular formula is C23H28ClN3O2. The lowest BCUT2D eigenvalue weighted by Crippen LogP contribution is -2.49. The summed E-state index contributed by atoms with van der Waals surface area (Å²) in [6.07, 6.45) is 8.42. The molecule has 1 fully saturated rings. The van der Waals surface area contributed by atoms with Gasteiger partial charge in [-0.15, -0.1) is 0 Å². The van der Waals surface area contributed by atoms with Crippen LogP contribution in [0, 0.1) is 5.92 Å². The average Bonchev–Trinajstić information content (AvgIpc) is 3.41. The number of hydrogen-bond acceptors (Lipinski definition) is 3. The van der Waals surface area contributed by atoms with Gasteiger partial charge in [-0.3, -0.25) is 9.48 Å². The van der Waals surface area contributed by atoms with E-state index in [0.29, 0.717) is 17.1 Å². The lowest BCUT2D eigenvalue weighted by Gasteiger charge is -2.34. The molecule has 1 saturated carbocycles. The Morgan fingerprint density at radius 1 is 1.38 bits per heavy atom. The number of hydrogen-bond donors (Lipinski definition) is 1. The van der Waals surface area contributed by atoms with Gasteiger partial charge >= 0.3 is 0 Å². The van der Waals surface area contributed by atoms with E-state index >= 15 is 0 Å². The predicted octanol–water partition coefficient (Wildman–Crippen LogP) is 4.64. The number of carbonyl (C=O) groups is 1. The number of aromatic nitrogens is 2. The molecule has 2 aromatic rings. The summed E-state index contributed by atoms with van der Waals surface area (Å²) >= 11 is 6.54. The van der Waals surface area contributed by atoms with Crippen LogP contribution in [0.2, 0.25) is 5.15 Å². The minimum absolute atomic E-state index is 0.0926. The lowest BCUT2D eigenvalue weighted by atomic mass is 9.83. The van der Waals surface area contributed by atoms with Crippen molar-refractivity contribution in [3.05, 3.63) is 45.7 Å². The summed E-state index contributed by atoms with van der Waals surface area (Å²) in [7, 11) is 0. The van der Waals surface area contributed by atoms with Crippen molar-refractivity contribution >= 4 is 17.5 Å². The van der Waals surface area contributed by atoms with Gasteiger partial charge in [-0.05, 0) is 54.9 Å². The van der Waals surface area contributed by atoms with E-state index in [2.05, 4.69) is 24.4 Å². The van der Waals surface area contributed by atoms with Crippen molar-refractivity contribution in [2.24, 2.45) is 5.92 Å². The molecule has 1 aromatic heterocycles. The van der Waals surface area contributed by atoms with Gasteiger partial charge in [0.05, 0.1) is 23.4 Å². The van der Waals surface area contributed by atoms with Crippen molar-refractivity contribution in [1.29, 1.82) is 0 Å². The molecule has 1 aromatic carbocycles. The van der Waals surface area contributed by atoms with Crippen LogP contribution >= 0.6 is 11.6 Å². The Bertz CT molecular complexity index is 950. The van der Waals surface area contributed by atoms with Crippen LogP contribution < -0.4 is 10.1 Å². The second-order valence-corrected chi connectivity index (χ2v) is 9.16. The summed E-state index contributed by atoms with van der Waals surface area (Å²) in [5, 5.41) is 8.54. The zero-order valence-electron chi connectivity index (χ0n) is 17.0. The first kappa shape index (κ1) is 19.0. The van der Waals surface area contributed by atoms with Crippen molar-refractivity contribution in [2.45, 2.75) is 70.4 Å². The minimum atomic E-state index is -0.375. The van der Waals surface area contributed by atoms with Crippen LogP contribution in [-0.2, 0) is 24.9 Å². The molecule has 2 heterocycles. The minimum Gasteiger partial charge on any atom is -0.494 e. The van der Waals surface area contributed by atoms with Crippen LogP contribution in [0.1, 0.15) is 72.6 Å². The van der Waals surface area contributed by atoms with Gasteiger partial charge in [-0.1, -0.05) is 43.9 Å². The molecule has 2 aliphatic carbocycles. The molecule has 1 spiro atoms. The summed E-state index contributed by atoms with van der Waals surface area (Å²) in [5.74, 6) is 1.64. The highest BCUT2D eigenvalue weighted by atomic mass is 35.5. The molecule has 29 heavy (non-hydrogen) atoms. The predicted molar refractivity (Wildman–Crippen MR) is 113 cm³/mol. The van der Waals surface area contributed by atoms with E-state index in [9.17, 15) is 4.79 Å². The molecule has 5 rings (SSSR count). The Hall–Kier alpha value is -2.01. The van der Waals surface area contributed by atoms with Gasteiger partial charge < -0.3 is 10.1 Å². The molecule has 1 atom stereocenters. The number of aryl methyl sites for hydroxylation is 2. The molecule has 6 heteroatoms. The van der Waals surface area contributed by atoms with Crippen LogP contribution in [-0.4, -0.2) is 22.3 Å². The van der Waals surface area contributed by atoms with Crippen molar-refractivity contribution in [1.82, 2.24) is 15.1 Å². The largest absolute Gasteiger partial charge is 0.494 e. The number of unbranched alkanes of at least 4 members (excludes halogenated alkanes) is 1. The quantitative estimate of drug-likeness (QED) is 0.672. The summed E-state index contributed by atoms with van der Waals surface area (Å²) in [6.45, 7) is 3.71. The Morgan fingerprint density at radius 2 is 2.24 bits per heavy atom. The van der Waals surface area contributed by atoms with Gasteiger partial charge in [0.25, 0.3) is 5.91 Å². The third kappa shape index (κ3) is 3.43. The number of nitrogens with one attached hydrogen (secondary N) is 1. The maximum atomic E-state index is 13.0. The molecule has 0 unspecified atom stereocenters. The summed E-state index contributed by atoms with van der Waals surface area (Å²) in [6, 6.07) is 6.30. The summed E-state index contributed by atoms with van der Waals surface area (Å²) in [5.41, 5.74) is 3.50. The number of halogens is 1. The second-order valence-electron chi connectivity index (χ2n) is 8.80. The fraction of sp³-hybridized carbons (Fsp3) is 0.565. The van der Waals surface area contributed by atoms with E-state index in [0.717, 1.165) is 62.6 Å². The Labute approximate surface area is 176 Å². The smallest absolute Gasteiger partial charge is 0.257 e. The fourth-order valence-electron chi connectivity index (χ4n) is 4.77. The van der Waals surface area contributed by atoms with Crippen LogP contribution in [0.15, 0.2) is 18.2 Å². The number of ether oxygens (including phenoxy) is 1. The second kappa shape index (κ2) is 7.35. The zero-order valence-corrected chi connectivity index (χ0v) is 17.7. The van der Waals surface area contributed by atoms with Crippen LogP contribution in [0.5, 0.6) is 5.75 Å². The highest BCUT2D eigenvalue weighted by Crippen LogP contribution is 2.44. The molecule has 3 aliphatic rings. The Morgan fingerprint density at radius 3 is 3.03 bits per heavy atom. The first-order valence-corrected chi connectivity index (χ1v) is 11.3. The third-order valence-electron chi connectivity index (χ3n) is 6.64. The monoisotopic (exact) mass is 413 g/mol. The Kier molecular flexibility index (Phi) is 4.81. The molecule has 1 N–H and O–H groups in total. The number of rotatable bonds is 7. The number of benzene rings is 1. The first-order valence-electron chi connectivity index (χ1n) is 10.9. The van der Waals surface area contributed by atoms with Crippen LogP contribution in [0.25, 0.3) is 0 Å². The van der Waals surface area contributed by atoms with Gasteiger partial charge in [0.1, 0.15) is 10.9 Å². The van der Waals surface area contributed by atoms with E-state index in [1.54, 1.807) is 0 Å². The molecule has 1 amide bonds. The van der Waals surface area contributed by atoms with Gasteiger partial charge in [-0.2, -0.15) is 5.10 Å². The van der Waals surface area contributed by atoms with E-state index in [1.165, 1.54) is 24.0 Å². The molecule has 0 radical (unpaired) electrons. The van der Waals surface area contributed by atoms with Crippen molar-refractivity contribution in [2.75, 3.05) is 6.61 Å². The van der Waals surface area contributed by atoms with Gasteiger partial charge in [0.15, 0.2) is 0 Å². The zero-order chi connectivity index (χ0) is 20.0. The standard InChI is InChI=1S/C23H28ClN3O2/c1-2-3-12-29-17-6-7-18-16(13-17)8-10-23(18)14-19-20(22(28)25-23)21(24)27(26-19)11-9-15-4-5-15/h6-7,13,15H,2-5,8-12,14H2,1H3,(H,25,28)/t23-/m0/s1. The first-order chi connectivity index (χ1) is 14.1. The summed E-state index contributed by atoms with van der Waals surface area (Å²) in [4.78, 5) is 13.0. The van der Waals surface area contributed by atoms with E-state index < -0.39 is 0 Å². The third-order valence-corrected chi connectivity index (χ3v) is 7.02. The van der Waals surface area contributed by atoms with E-state index in [1.807, 2.05) is 10.7 Å². The fourth-order valence-corrected chi connectivity index (χ4v) is 5.09. The van der Waals surface area contributed by atoms with Crippen LogP contribution in [0.4, 0.5) is 0 Å². The average molecular weight is 414 g/mol. The SMILES string of the molecule is CCCCOc1ccc2c(c1)CC[C@]21Cc2nn(CCC3CC3)c(Cl)c2C(=O)N1. The van der Waals surface area contributed by atoms with Gasteiger partial charge in [-0.25, -0.2) is 0 Å². The lowest BCUT2D eigenvalue weighted by molar-refractivity contribution is 0.0875. The highest BCUT2D eigenvalue weighted by molar-refractivity contribution is 6.33. The highest BCUT2D eigenvalue weighted by Gasteiger charge is 2.46. The molecule has 154 valence electrons. The molecule has 0 saturated heterocycles. The van der Waals surface area contributed by atoms with Gasteiger partial charge in [0, 0.05) is 13.0 Å². The van der Waals surface area contributed by atoms with Crippen molar-refractivity contribution in [3.63, 3.8) is 0 Å². The molecule has 5 nitrogen and oxygen atoms in total. The molecule has 1 aliphatic heterocycles. The van der Waals surface area contributed by atoms with Crippen molar-refractivity contribution in [3.8, 4) is 5.75 Å². The summed E-state index contributed by atoms with van der Waals surface area (Å²) < 4.78 is 7.71. The maximum Gasteiger partial charge on any atom is 0.257 e. The Balaban J connectivity index is 1.40. The number of nitrogens with zero attached hydrogens (tertiary/aromatic N) is 2. The number of fused-ring (bicyclic) bond motifs is 3.